The molecule has 0 heterocycles. The van der Waals surface area contributed by atoms with E-state index in [9.17, 15) is 8.42 Å². The van der Waals surface area contributed by atoms with Gasteiger partial charge in [-0.1, -0.05) is 37.0 Å². The second kappa shape index (κ2) is 6.20. The van der Waals surface area contributed by atoms with Crippen LogP contribution in [0, 0.1) is 0 Å². The summed E-state index contributed by atoms with van der Waals surface area (Å²) in [6.45, 7) is 4.43. The number of rotatable bonds is 6. The molecule has 0 spiro atoms. The van der Waals surface area contributed by atoms with Gasteiger partial charge in [-0.05, 0) is 25.0 Å². The number of hydrogen-bond acceptors (Lipinski definition) is 3. The fourth-order valence-electron chi connectivity index (χ4n) is 1.74. The van der Waals surface area contributed by atoms with Crippen LogP contribution in [0.25, 0.3) is 0 Å². The summed E-state index contributed by atoms with van der Waals surface area (Å²) in [5, 5.41) is 3.85. The minimum Gasteiger partial charge on any atom is -0.310 e. The number of nitrogens with one attached hydrogen (secondary N) is 2. The smallest absolute Gasteiger partial charge is 0.242 e. The van der Waals surface area contributed by atoms with E-state index in [2.05, 4.69) is 10.0 Å². The van der Waals surface area contributed by atoms with Gasteiger partial charge >= 0.3 is 0 Å². The van der Waals surface area contributed by atoms with E-state index in [1.807, 2.05) is 13.8 Å². The van der Waals surface area contributed by atoms with E-state index in [1.54, 1.807) is 6.07 Å². The Bertz CT molecular complexity index is 599. The van der Waals surface area contributed by atoms with Crippen LogP contribution < -0.4 is 10.0 Å². The zero-order valence-corrected chi connectivity index (χ0v) is 13.7. The zero-order valence-electron chi connectivity index (χ0n) is 11.4. The van der Waals surface area contributed by atoms with E-state index in [1.165, 1.54) is 6.07 Å². The van der Waals surface area contributed by atoms with E-state index in [0.29, 0.717) is 17.1 Å². The zero-order chi connectivity index (χ0) is 14.9. The largest absolute Gasteiger partial charge is 0.310 e. The molecule has 1 saturated carbocycles. The molecule has 0 aromatic heterocycles. The third-order valence-corrected chi connectivity index (χ3v) is 5.49. The molecule has 0 saturated heterocycles. The first-order valence-electron chi connectivity index (χ1n) is 6.54. The number of halogens is 2. The highest BCUT2D eigenvalue weighted by atomic mass is 35.5. The van der Waals surface area contributed by atoms with Crippen LogP contribution >= 0.6 is 23.2 Å². The predicted octanol–water partition coefficient (Wildman–Crippen LogP) is 2.93. The highest BCUT2D eigenvalue weighted by molar-refractivity contribution is 7.89. The summed E-state index contributed by atoms with van der Waals surface area (Å²) in [4.78, 5) is 0.0935. The standard InChI is InChI=1S/C13H18Cl2N2O2S/c1-8(2)16-7-10-11(14)5-6-12(13(10)15)20(18,19)17-9-3-4-9/h5-6,8-9,16-17H,3-4,7H2,1-2H3. The van der Waals surface area contributed by atoms with Crippen LogP contribution in [-0.4, -0.2) is 20.5 Å². The predicted molar refractivity (Wildman–Crippen MR) is 81.8 cm³/mol. The normalized spacial score (nSPS) is 15.8. The Morgan fingerprint density at radius 3 is 2.50 bits per heavy atom. The first kappa shape index (κ1) is 16.0. The maximum atomic E-state index is 12.2. The fourth-order valence-corrected chi connectivity index (χ4v) is 3.95. The van der Waals surface area contributed by atoms with Gasteiger partial charge in [-0.3, -0.25) is 0 Å². The molecule has 0 radical (unpaired) electrons. The van der Waals surface area contributed by atoms with Gasteiger partial charge in [0.05, 0.1) is 5.02 Å². The van der Waals surface area contributed by atoms with Crippen molar-refractivity contribution in [2.75, 3.05) is 0 Å². The lowest BCUT2D eigenvalue weighted by Gasteiger charge is -2.14. The van der Waals surface area contributed by atoms with Crippen LogP contribution in [0.2, 0.25) is 10.0 Å². The molecule has 2 N–H and O–H groups in total. The van der Waals surface area contributed by atoms with Gasteiger partial charge in [-0.15, -0.1) is 0 Å². The highest BCUT2D eigenvalue weighted by Gasteiger charge is 2.30. The Hall–Kier alpha value is -0.330. The lowest BCUT2D eigenvalue weighted by Crippen LogP contribution is -2.27. The molecule has 0 aliphatic heterocycles. The first-order valence-corrected chi connectivity index (χ1v) is 8.77. The molecule has 1 aliphatic rings. The van der Waals surface area contributed by atoms with Gasteiger partial charge in [-0.25, -0.2) is 13.1 Å². The molecule has 7 heteroatoms. The van der Waals surface area contributed by atoms with Gasteiger partial charge in [0.15, 0.2) is 0 Å². The molecule has 1 aromatic rings. The Balaban J connectivity index is 2.32. The SMILES string of the molecule is CC(C)NCc1c(Cl)ccc(S(=O)(=O)NC2CC2)c1Cl. The minimum atomic E-state index is -3.57. The topological polar surface area (TPSA) is 58.2 Å². The van der Waals surface area contributed by atoms with Crippen LogP contribution in [0.3, 0.4) is 0 Å². The van der Waals surface area contributed by atoms with Crippen LogP contribution in [-0.2, 0) is 16.6 Å². The molecule has 1 fully saturated rings. The van der Waals surface area contributed by atoms with Crippen molar-refractivity contribution in [2.45, 2.75) is 50.2 Å². The molecular weight excluding hydrogens is 319 g/mol. The summed E-state index contributed by atoms with van der Waals surface area (Å²) in [5.41, 5.74) is 0.612. The molecule has 1 aliphatic carbocycles. The van der Waals surface area contributed by atoms with Gasteiger partial charge in [0.2, 0.25) is 10.0 Å². The van der Waals surface area contributed by atoms with Crippen molar-refractivity contribution < 1.29 is 8.42 Å². The van der Waals surface area contributed by atoms with E-state index in [0.717, 1.165) is 12.8 Å². The quantitative estimate of drug-likeness (QED) is 0.839. The Labute approximate surface area is 129 Å². The van der Waals surface area contributed by atoms with Gasteiger partial charge in [-0.2, -0.15) is 0 Å². The Morgan fingerprint density at radius 1 is 1.30 bits per heavy atom. The van der Waals surface area contributed by atoms with Crippen molar-refractivity contribution in [1.82, 2.24) is 10.0 Å². The Kier molecular flexibility index (Phi) is 4.97. The molecule has 4 nitrogen and oxygen atoms in total. The Morgan fingerprint density at radius 2 is 1.95 bits per heavy atom. The van der Waals surface area contributed by atoms with E-state index < -0.39 is 10.0 Å². The van der Waals surface area contributed by atoms with Gasteiger partial charge in [0, 0.05) is 29.2 Å². The van der Waals surface area contributed by atoms with Crippen molar-refractivity contribution in [3.63, 3.8) is 0 Å². The van der Waals surface area contributed by atoms with Gasteiger partial charge in [0.1, 0.15) is 4.90 Å². The summed E-state index contributed by atoms with van der Waals surface area (Å²) in [6.07, 6.45) is 1.76. The maximum absolute atomic E-state index is 12.2. The molecular formula is C13H18Cl2N2O2S. The van der Waals surface area contributed by atoms with E-state index in [-0.39, 0.29) is 22.0 Å². The average Bonchev–Trinajstić information content (AvgIpc) is 3.11. The average molecular weight is 337 g/mol. The second-order valence-corrected chi connectivity index (χ2v) is 7.74. The van der Waals surface area contributed by atoms with Crippen molar-refractivity contribution >= 4 is 33.2 Å². The maximum Gasteiger partial charge on any atom is 0.242 e. The number of benzene rings is 1. The van der Waals surface area contributed by atoms with Crippen molar-refractivity contribution in [2.24, 2.45) is 0 Å². The lowest BCUT2D eigenvalue weighted by molar-refractivity contribution is 0.579. The summed E-state index contributed by atoms with van der Waals surface area (Å²) in [7, 11) is -3.57. The molecule has 112 valence electrons. The summed E-state index contributed by atoms with van der Waals surface area (Å²) >= 11 is 12.4. The first-order chi connectivity index (χ1) is 9.31. The summed E-state index contributed by atoms with van der Waals surface area (Å²) < 4.78 is 27.1. The van der Waals surface area contributed by atoms with Gasteiger partial charge < -0.3 is 5.32 Å². The molecule has 20 heavy (non-hydrogen) atoms. The molecule has 0 bridgehead atoms. The molecule has 2 rings (SSSR count). The fraction of sp³-hybridized carbons (Fsp3) is 0.538. The third kappa shape index (κ3) is 3.86. The summed E-state index contributed by atoms with van der Waals surface area (Å²) in [6, 6.07) is 3.33. The van der Waals surface area contributed by atoms with Crippen LogP contribution in [0.15, 0.2) is 17.0 Å². The van der Waals surface area contributed by atoms with E-state index >= 15 is 0 Å². The van der Waals surface area contributed by atoms with Gasteiger partial charge in [0.25, 0.3) is 0 Å². The molecule has 0 amide bonds. The van der Waals surface area contributed by atoms with Crippen LogP contribution in [0.5, 0.6) is 0 Å². The number of sulfonamides is 1. The molecule has 1 aromatic carbocycles. The van der Waals surface area contributed by atoms with Crippen LogP contribution in [0.1, 0.15) is 32.3 Å². The van der Waals surface area contributed by atoms with Crippen LogP contribution in [0.4, 0.5) is 0 Å². The highest BCUT2D eigenvalue weighted by Crippen LogP contribution is 2.32. The third-order valence-electron chi connectivity index (χ3n) is 3.03. The van der Waals surface area contributed by atoms with E-state index in [4.69, 9.17) is 23.2 Å². The van der Waals surface area contributed by atoms with Crippen molar-refractivity contribution in [3.05, 3.63) is 27.7 Å². The molecule has 0 atom stereocenters. The van der Waals surface area contributed by atoms with Crippen molar-refractivity contribution in [1.29, 1.82) is 0 Å². The van der Waals surface area contributed by atoms with Crippen molar-refractivity contribution in [3.8, 4) is 0 Å². The second-order valence-electron chi connectivity index (χ2n) is 5.27. The lowest BCUT2D eigenvalue weighted by atomic mass is 10.2. The number of hydrogen-bond donors (Lipinski definition) is 2. The summed E-state index contributed by atoms with van der Waals surface area (Å²) in [5.74, 6) is 0. The monoisotopic (exact) mass is 336 g/mol. The minimum absolute atomic E-state index is 0.0454. The molecule has 0 unspecified atom stereocenters.